The Bertz CT molecular complexity index is 1460. The van der Waals surface area contributed by atoms with Crippen molar-refractivity contribution in [1.82, 2.24) is 15.0 Å². The molecule has 0 saturated carbocycles. The number of hydrogen-bond donors (Lipinski definition) is 2. The predicted molar refractivity (Wildman–Crippen MR) is 135 cm³/mol. The lowest BCUT2D eigenvalue weighted by Crippen LogP contribution is -2.12. The van der Waals surface area contributed by atoms with Gasteiger partial charge in [0.05, 0.1) is 21.9 Å². The van der Waals surface area contributed by atoms with Crippen LogP contribution in [0.2, 0.25) is 10.0 Å². The summed E-state index contributed by atoms with van der Waals surface area (Å²) >= 11 is 12.2. The zero-order valence-corrected chi connectivity index (χ0v) is 19.1. The second-order valence-corrected chi connectivity index (χ2v) is 8.69. The van der Waals surface area contributed by atoms with Crippen LogP contribution in [0.5, 0.6) is 0 Å². The topological polar surface area (TPSA) is 70.7 Å². The lowest BCUT2D eigenvalue weighted by atomic mass is 10.0. The minimum absolute atomic E-state index is 0.0897. The molecule has 7 heteroatoms. The second kappa shape index (κ2) is 9.22. The number of nitrogens with one attached hydrogen (secondary N) is 2. The highest BCUT2D eigenvalue weighted by Crippen LogP contribution is 2.33. The van der Waals surface area contributed by atoms with Crippen molar-refractivity contribution in [3.05, 3.63) is 88.5 Å². The molecule has 0 radical (unpaired) electrons. The highest BCUT2D eigenvalue weighted by Gasteiger charge is 2.16. The van der Waals surface area contributed by atoms with E-state index in [1.807, 2.05) is 48.5 Å². The number of carbonyl (C=O) groups is 1. The summed E-state index contributed by atoms with van der Waals surface area (Å²) in [5.74, 6) is 0.400. The van der Waals surface area contributed by atoms with E-state index in [0.29, 0.717) is 35.1 Å². The van der Waals surface area contributed by atoms with Gasteiger partial charge in [0, 0.05) is 33.9 Å². The van der Waals surface area contributed by atoms with Crippen LogP contribution in [-0.4, -0.2) is 20.9 Å². The number of benzene rings is 2. The third-order valence-electron chi connectivity index (χ3n) is 5.55. The van der Waals surface area contributed by atoms with E-state index < -0.39 is 0 Å². The van der Waals surface area contributed by atoms with E-state index in [4.69, 9.17) is 28.2 Å². The molecular weight excluding hydrogens is 455 g/mol. The van der Waals surface area contributed by atoms with Gasteiger partial charge in [-0.2, -0.15) is 0 Å². The first-order valence-electron chi connectivity index (χ1n) is 10.6. The number of halogens is 2. The van der Waals surface area contributed by atoms with Crippen LogP contribution in [0.1, 0.15) is 18.4 Å². The molecule has 2 N–H and O–H groups in total. The number of hydrogen-bond acceptors (Lipinski definition) is 3. The molecule has 33 heavy (non-hydrogen) atoms. The quantitative estimate of drug-likeness (QED) is 0.277. The van der Waals surface area contributed by atoms with Crippen LogP contribution in [0.25, 0.3) is 33.2 Å². The molecule has 0 spiro atoms. The van der Waals surface area contributed by atoms with Crippen molar-refractivity contribution >= 4 is 56.7 Å². The zero-order chi connectivity index (χ0) is 22.8. The molecule has 164 valence electrons. The largest absolute Gasteiger partial charge is 0.353 e. The molecule has 5 aromatic rings. The van der Waals surface area contributed by atoms with Gasteiger partial charge in [-0.1, -0.05) is 47.5 Å². The Morgan fingerprint density at radius 1 is 0.970 bits per heavy atom. The highest BCUT2D eigenvalue weighted by molar-refractivity contribution is 6.31. The molecule has 3 aromatic heterocycles. The maximum atomic E-state index is 12.4. The van der Waals surface area contributed by atoms with Crippen molar-refractivity contribution in [1.29, 1.82) is 0 Å². The Hall–Kier alpha value is -3.41. The number of rotatable bonds is 6. The lowest BCUT2D eigenvalue weighted by molar-refractivity contribution is -0.116. The van der Waals surface area contributed by atoms with Crippen LogP contribution in [0, 0.1) is 0 Å². The minimum atomic E-state index is -0.0897. The van der Waals surface area contributed by atoms with Crippen molar-refractivity contribution in [3.63, 3.8) is 0 Å². The first kappa shape index (κ1) is 21.4. The van der Waals surface area contributed by atoms with Crippen molar-refractivity contribution in [2.24, 2.45) is 0 Å². The van der Waals surface area contributed by atoms with Gasteiger partial charge < -0.3 is 10.3 Å². The number of aromatic amines is 1. The van der Waals surface area contributed by atoms with Gasteiger partial charge in [-0.25, -0.2) is 9.97 Å². The first-order chi connectivity index (χ1) is 16.1. The van der Waals surface area contributed by atoms with Crippen LogP contribution < -0.4 is 5.32 Å². The molecule has 0 atom stereocenters. The molecule has 0 aliphatic heterocycles. The van der Waals surface area contributed by atoms with Crippen molar-refractivity contribution in [3.8, 4) is 11.4 Å². The summed E-state index contributed by atoms with van der Waals surface area (Å²) in [6, 6.07) is 21.3. The van der Waals surface area contributed by atoms with E-state index in [2.05, 4.69) is 21.4 Å². The van der Waals surface area contributed by atoms with Gasteiger partial charge in [0.2, 0.25) is 5.91 Å². The van der Waals surface area contributed by atoms with Crippen LogP contribution in [0.15, 0.2) is 72.9 Å². The summed E-state index contributed by atoms with van der Waals surface area (Å²) in [6.45, 7) is 0. The van der Waals surface area contributed by atoms with Gasteiger partial charge in [-0.05, 0) is 60.9 Å². The number of anilines is 1. The normalized spacial score (nSPS) is 11.2. The van der Waals surface area contributed by atoms with Gasteiger partial charge in [-0.3, -0.25) is 4.79 Å². The van der Waals surface area contributed by atoms with Gasteiger partial charge in [0.15, 0.2) is 0 Å². The van der Waals surface area contributed by atoms with Crippen LogP contribution in [0.4, 0.5) is 5.82 Å². The summed E-state index contributed by atoms with van der Waals surface area (Å²) < 4.78 is 0. The van der Waals surface area contributed by atoms with E-state index in [1.54, 1.807) is 12.1 Å². The zero-order valence-electron chi connectivity index (χ0n) is 17.6. The fourth-order valence-electron chi connectivity index (χ4n) is 3.98. The number of H-pyrrole nitrogens is 1. The van der Waals surface area contributed by atoms with E-state index in [0.717, 1.165) is 38.8 Å². The van der Waals surface area contributed by atoms with E-state index in [1.165, 1.54) is 6.20 Å². The molecule has 2 aromatic carbocycles. The first-order valence-corrected chi connectivity index (χ1v) is 11.4. The third kappa shape index (κ3) is 4.70. The van der Waals surface area contributed by atoms with Crippen molar-refractivity contribution in [2.75, 3.05) is 5.32 Å². The number of aromatic nitrogens is 3. The lowest BCUT2D eigenvalue weighted by Gasteiger charge is -2.07. The number of para-hydroxylation sites is 1. The fourth-order valence-corrected chi connectivity index (χ4v) is 4.27. The molecule has 1 amide bonds. The maximum absolute atomic E-state index is 12.4. The standard InChI is InChI=1S/C26H20Cl2N4O/c27-17-9-12-22-20(14-17)19(5-3-7-25(33)32-24-13-10-18(28)15-29-24)26(31-22)23-11-8-16-4-1-2-6-21(16)30-23/h1-2,4,6,8-15,31H,3,5,7H2,(H,29,32,33). The number of amides is 1. The fraction of sp³-hybridized carbons (Fsp3) is 0.115. The SMILES string of the molecule is O=C(CCCc1c(-c2ccc3ccccc3n2)[nH]c2ccc(Cl)cc12)Nc1ccc(Cl)cn1. The van der Waals surface area contributed by atoms with Crippen molar-refractivity contribution < 1.29 is 4.79 Å². The predicted octanol–water partition coefficient (Wildman–Crippen LogP) is 7.05. The average Bonchev–Trinajstić information content (AvgIpc) is 3.18. The molecule has 5 rings (SSSR count). The third-order valence-corrected chi connectivity index (χ3v) is 6.01. The molecule has 0 saturated heterocycles. The number of fused-ring (bicyclic) bond motifs is 2. The smallest absolute Gasteiger partial charge is 0.225 e. The molecule has 0 fully saturated rings. The molecule has 0 unspecified atom stereocenters. The molecular formula is C26H20Cl2N4O. The summed E-state index contributed by atoms with van der Waals surface area (Å²) in [5, 5.41) is 6.15. The van der Waals surface area contributed by atoms with E-state index in [-0.39, 0.29) is 5.91 Å². The summed E-state index contributed by atoms with van der Waals surface area (Å²) in [4.78, 5) is 24.9. The van der Waals surface area contributed by atoms with Gasteiger partial charge in [-0.15, -0.1) is 0 Å². The highest BCUT2D eigenvalue weighted by atomic mass is 35.5. The van der Waals surface area contributed by atoms with E-state index in [9.17, 15) is 4.79 Å². The van der Waals surface area contributed by atoms with Gasteiger partial charge >= 0.3 is 0 Å². The molecule has 0 bridgehead atoms. The molecule has 3 heterocycles. The van der Waals surface area contributed by atoms with Gasteiger partial charge in [0.1, 0.15) is 5.82 Å². The number of carbonyl (C=O) groups excluding carboxylic acids is 1. The Labute approximate surface area is 200 Å². The van der Waals surface area contributed by atoms with Crippen LogP contribution in [-0.2, 0) is 11.2 Å². The molecule has 0 aliphatic carbocycles. The van der Waals surface area contributed by atoms with E-state index >= 15 is 0 Å². The Morgan fingerprint density at radius 3 is 2.67 bits per heavy atom. The van der Waals surface area contributed by atoms with Crippen LogP contribution in [0.3, 0.4) is 0 Å². The summed E-state index contributed by atoms with van der Waals surface area (Å²) in [6.07, 6.45) is 3.24. The van der Waals surface area contributed by atoms with Crippen LogP contribution >= 0.6 is 23.2 Å². The Balaban J connectivity index is 1.40. The summed E-state index contributed by atoms with van der Waals surface area (Å²) in [5.41, 5.74) is 4.86. The monoisotopic (exact) mass is 474 g/mol. The molecule has 0 aliphatic rings. The second-order valence-electron chi connectivity index (χ2n) is 7.82. The number of nitrogens with zero attached hydrogens (tertiary/aromatic N) is 2. The number of pyridine rings is 2. The number of aryl methyl sites for hydroxylation is 1. The summed E-state index contributed by atoms with van der Waals surface area (Å²) in [7, 11) is 0. The Kier molecular flexibility index (Phi) is 5.99. The van der Waals surface area contributed by atoms with Crippen molar-refractivity contribution in [2.45, 2.75) is 19.3 Å². The average molecular weight is 475 g/mol. The molecule has 5 nitrogen and oxygen atoms in total. The Morgan fingerprint density at radius 2 is 1.82 bits per heavy atom. The minimum Gasteiger partial charge on any atom is -0.353 e. The maximum Gasteiger partial charge on any atom is 0.225 e. The van der Waals surface area contributed by atoms with Gasteiger partial charge in [0.25, 0.3) is 0 Å².